The molecule has 4 aromatic rings. The Labute approximate surface area is 175 Å². The zero-order valence-electron chi connectivity index (χ0n) is 16.8. The number of fused-ring (bicyclic) bond motifs is 1. The molecule has 1 aliphatic rings. The minimum Gasteiger partial charge on any atom is -0.496 e. The van der Waals surface area contributed by atoms with E-state index in [1.165, 1.54) is 16.3 Å². The number of carbonyl (C=O) groups is 1. The van der Waals surface area contributed by atoms with Gasteiger partial charge >= 0.3 is 0 Å². The van der Waals surface area contributed by atoms with Crippen LogP contribution < -0.4 is 4.74 Å². The topological polar surface area (TPSA) is 58.2 Å². The number of nitrogens with zero attached hydrogens (tertiary/aromatic N) is 2. The van der Waals surface area contributed by atoms with Crippen LogP contribution in [0.3, 0.4) is 0 Å². The van der Waals surface area contributed by atoms with Crippen LogP contribution in [0.4, 0.5) is 0 Å². The number of H-pyrrole nitrogens is 1. The minimum atomic E-state index is 0.0442. The van der Waals surface area contributed by atoms with Crippen molar-refractivity contribution in [3.8, 4) is 16.9 Å². The van der Waals surface area contributed by atoms with Crippen molar-refractivity contribution < 1.29 is 9.53 Å². The van der Waals surface area contributed by atoms with Gasteiger partial charge in [-0.05, 0) is 53.4 Å². The summed E-state index contributed by atoms with van der Waals surface area (Å²) in [4.78, 5) is 15.4. The molecule has 0 aliphatic carbocycles. The Bertz CT molecular complexity index is 1200. The summed E-state index contributed by atoms with van der Waals surface area (Å²) in [6, 6.07) is 20.6. The number of aromatic amines is 1. The number of methoxy groups -OCH3 is 1. The molecule has 150 valence electrons. The highest BCUT2D eigenvalue weighted by molar-refractivity contribution is 5.96. The molecule has 1 aliphatic heterocycles. The second-order valence-corrected chi connectivity index (χ2v) is 7.67. The van der Waals surface area contributed by atoms with Crippen LogP contribution in [0, 0.1) is 0 Å². The molecule has 1 unspecified atom stereocenters. The summed E-state index contributed by atoms with van der Waals surface area (Å²) >= 11 is 0. The highest BCUT2D eigenvalue weighted by Crippen LogP contribution is 2.36. The van der Waals surface area contributed by atoms with E-state index in [0.717, 1.165) is 30.5 Å². The molecule has 5 nitrogen and oxygen atoms in total. The number of hydrogen-bond acceptors (Lipinski definition) is 3. The van der Waals surface area contributed by atoms with Gasteiger partial charge < -0.3 is 9.64 Å². The van der Waals surface area contributed by atoms with Crippen LogP contribution in [0.5, 0.6) is 5.75 Å². The van der Waals surface area contributed by atoms with E-state index in [4.69, 9.17) is 4.74 Å². The summed E-state index contributed by atoms with van der Waals surface area (Å²) in [5.41, 5.74) is 3.68. The third kappa shape index (κ3) is 3.22. The number of aromatic nitrogens is 2. The second-order valence-electron chi connectivity index (χ2n) is 7.67. The lowest BCUT2D eigenvalue weighted by atomic mass is 9.99. The molecular formula is C25H23N3O2. The molecule has 1 N–H and O–H groups in total. The van der Waals surface area contributed by atoms with Crippen LogP contribution in [-0.2, 0) is 0 Å². The lowest BCUT2D eigenvalue weighted by molar-refractivity contribution is 0.0735. The van der Waals surface area contributed by atoms with Crippen molar-refractivity contribution in [1.29, 1.82) is 0 Å². The normalized spacial score (nSPS) is 16.2. The van der Waals surface area contributed by atoms with Gasteiger partial charge in [-0.25, -0.2) is 0 Å². The summed E-state index contributed by atoms with van der Waals surface area (Å²) in [7, 11) is 1.63. The number of benzene rings is 3. The molecule has 1 aromatic heterocycles. The Kier molecular flexibility index (Phi) is 4.71. The monoisotopic (exact) mass is 397 g/mol. The van der Waals surface area contributed by atoms with Crippen LogP contribution in [0.15, 0.2) is 73.1 Å². The van der Waals surface area contributed by atoms with Gasteiger partial charge in [0.15, 0.2) is 0 Å². The van der Waals surface area contributed by atoms with Gasteiger partial charge in [0.2, 0.25) is 0 Å². The van der Waals surface area contributed by atoms with Crippen molar-refractivity contribution in [2.45, 2.75) is 18.9 Å². The van der Waals surface area contributed by atoms with E-state index in [-0.39, 0.29) is 11.9 Å². The molecule has 1 amide bonds. The maximum Gasteiger partial charge on any atom is 0.254 e. The predicted octanol–water partition coefficient (Wildman–Crippen LogP) is 5.22. The number of amides is 1. The van der Waals surface area contributed by atoms with Gasteiger partial charge in [0, 0.05) is 29.4 Å². The minimum absolute atomic E-state index is 0.0442. The third-order valence-corrected chi connectivity index (χ3v) is 5.93. The second kappa shape index (κ2) is 7.67. The summed E-state index contributed by atoms with van der Waals surface area (Å²) in [5, 5.41) is 9.25. The number of hydrogen-bond donors (Lipinski definition) is 1. The Hall–Kier alpha value is -3.60. The van der Waals surface area contributed by atoms with Crippen LogP contribution in [-0.4, -0.2) is 34.7 Å². The first kappa shape index (κ1) is 18.4. The molecule has 30 heavy (non-hydrogen) atoms. The van der Waals surface area contributed by atoms with E-state index >= 15 is 0 Å². The summed E-state index contributed by atoms with van der Waals surface area (Å²) in [5.74, 6) is 0.714. The molecule has 0 radical (unpaired) electrons. The van der Waals surface area contributed by atoms with E-state index in [1.54, 1.807) is 13.3 Å². The van der Waals surface area contributed by atoms with E-state index in [0.29, 0.717) is 11.3 Å². The molecule has 5 heteroatoms. The average molecular weight is 397 g/mol. The van der Waals surface area contributed by atoms with Crippen molar-refractivity contribution in [1.82, 2.24) is 15.1 Å². The molecule has 0 bridgehead atoms. The molecule has 2 heterocycles. The smallest absolute Gasteiger partial charge is 0.254 e. The lowest BCUT2D eigenvalue weighted by Crippen LogP contribution is -2.30. The van der Waals surface area contributed by atoms with Crippen molar-refractivity contribution in [3.05, 3.63) is 84.2 Å². The molecule has 3 aromatic carbocycles. The Balaban J connectivity index is 1.46. The zero-order valence-corrected chi connectivity index (χ0v) is 16.8. The van der Waals surface area contributed by atoms with Gasteiger partial charge in [-0.15, -0.1) is 0 Å². The van der Waals surface area contributed by atoms with E-state index in [2.05, 4.69) is 46.6 Å². The standard InChI is InChI=1S/C25H23N3O2/c1-30-24-14-20(10-11-22(24)21-15-26-27-16-21)25(29)28-12-4-7-23(28)19-9-8-17-5-2-3-6-18(17)13-19/h2-3,5-6,8-11,13-16,23H,4,7,12H2,1H3,(H,26,27). The molecular weight excluding hydrogens is 374 g/mol. The lowest BCUT2D eigenvalue weighted by Gasteiger charge is -2.26. The van der Waals surface area contributed by atoms with E-state index in [1.807, 2.05) is 35.4 Å². The third-order valence-electron chi connectivity index (χ3n) is 5.93. The Morgan fingerprint density at radius 2 is 1.97 bits per heavy atom. The fourth-order valence-corrected chi connectivity index (χ4v) is 4.40. The fraction of sp³-hybridized carbons (Fsp3) is 0.200. The van der Waals surface area contributed by atoms with Crippen LogP contribution in [0.2, 0.25) is 0 Å². The van der Waals surface area contributed by atoms with Crippen LogP contribution in [0.1, 0.15) is 34.8 Å². The molecule has 1 saturated heterocycles. The first-order chi connectivity index (χ1) is 14.7. The summed E-state index contributed by atoms with van der Waals surface area (Å²) < 4.78 is 5.57. The number of nitrogens with one attached hydrogen (secondary N) is 1. The number of ether oxygens (including phenoxy) is 1. The van der Waals surface area contributed by atoms with Gasteiger partial charge in [-0.1, -0.05) is 36.4 Å². The molecule has 5 rings (SSSR count). The average Bonchev–Trinajstić information content (AvgIpc) is 3.50. The maximum absolute atomic E-state index is 13.4. The Morgan fingerprint density at radius 3 is 2.77 bits per heavy atom. The van der Waals surface area contributed by atoms with Crippen molar-refractivity contribution in [3.63, 3.8) is 0 Å². The fourth-order valence-electron chi connectivity index (χ4n) is 4.40. The molecule has 1 atom stereocenters. The SMILES string of the molecule is COc1cc(C(=O)N2CCCC2c2ccc3ccccc3c2)ccc1-c1cn[nH]c1. The zero-order chi connectivity index (χ0) is 20.5. The number of likely N-dealkylation sites (tertiary alicyclic amines) is 1. The van der Waals surface area contributed by atoms with Crippen LogP contribution in [0.25, 0.3) is 21.9 Å². The van der Waals surface area contributed by atoms with Crippen molar-refractivity contribution >= 4 is 16.7 Å². The first-order valence-electron chi connectivity index (χ1n) is 10.2. The predicted molar refractivity (Wildman–Crippen MR) is 118 cm³/mol. The van der Waals surface area contributed by atoms with Gasteiger partial charge in [0.25, 0.3) is 5.91 Å². The van der Waals surface area contributed by atoms with Gasteiger partial charge in [0.05, 0.1) is 19.3 Å². The van der Waals surface area contributed by atoms with Crippen molar-refractivity contribution in [2.24, 2.45) is 0 Å². The van der Waals surface area contributed by atoms with Gasteiger partial charge in [-0.2, -0.15) is 5.10 Å². The highest BCUT2D eigenvalue weighted by Gasteiger charge is 2.31. The highest BCUT2D eigenvalue weighted by atomic mass is 16.5. The summed E-state index contributed by atoms with van der Waals surface area (Å²) in [6.07, 6.45) is 5.55. The largest absolute Gasteiger partial charge is 0.496 e. The first-order valence-corrected chi connectivity index (χ1v) is 10.2. The number of rotatable bonds is 4. The molecule has 1 fully saturated rings. The Morgan fingerprint density at radius 1 is 1.10 bits per heavy atom. The number of carbonyl (C=O) groups excluding carboxylic acids is 1. The van der Waals surface area contributed by atoms with Gasteiger partial charge in [-0.3, -0.25) is 9.89 Å². The molecule has 0 spiro atoms. The van der Waals surface area contributed by atoms with Crippen molar-refractivity contribution in [2.75, 3.05) is 13.7 Å². The van der Waals surface area contributed by atoms with E-state index in [9.17, 15) is 4.79 Å². The maximum atomic E-state index is 13.4. The van der Waals surface area contributed by atoms with E-state index < -0.39 is 0 Å². The van der Waals surface area contributed by atoms with Crippen LogP contribution >= 0.6 is 0 Å². The quantitative estimate of drug-likeness (QED) is 0.514. The summed E-state index contributed by atoms with van der Waals surface area (Å²) in [6.45, 7) is 0.766. The van der Waals surface area contributed by atoms with Gasteiger partial charge in [0.1, 0.15) is 5.75 Å². The molecule has 0 saturated carbocycles.